The molecule has 172 valence electrons. The van der Waals surface area contributed by atoms with Crippen molar-refractivity contribution in [3.8, 4) is 0 Å². The number of sulfonamides is 1. The highest BCUT2D eigenvalue weighted by atomic mass is 35.5. The average molecular weight is 470 g/mol. The van der Waals surface area contributed by atoms with Crippen LogP contribution in [0.4, 0.5) is 0 Å². The van der Waals surface area contributed by atoms with E-state index < -0.39 is 16.1 Å². The number of benzene rings is 1. The molecule has 0 aromatic heterocycles. The van der Waals surface area contributed by atoms with E-state index in [-0.39, 0.29) is 16.7 Å². The van der Waals surface area contributed by atoms with Gasteiger partial charge in [-0.1, -0.05) is 43.7 Å². The van der Waals surface area contributed by atoms with Gasteiger partial charge in [-0.05, 0) is 43.5 Å². The monoisotopic (exact) mass is 469 g/mol. The molecule has 1 aliphatic carbocycles. The second-order valence-corrected chi connectivity index (χ2v) is 10.7. The van der Waals surface area contributed by atoms with E-state index in [9.17, 15) is 18.0 Å². The van der Waals surface area contributed by atoms with Crippen LogP contribution in [0.25, 0.3) is 0 Å². The standard InChI is InChI=1S/C22H32ClN3O4S/c1-17(24-31(29,30)20-10-8-19(23)9-11-20)22(28)26-15-13-25(14-16-26)21(27)12-7-18-5-3-2-4-6-18/h8-11,17-18,24H,2-7,12-16H2,1H3/t17-/m0/s1. The average Bonchev–Trinajstić information content (AvgIpc) is 2.77. The van der Waals surface area contributed by atoms with Crippen molar-refractivity contribution in [1.29, 1.82) is 0 Å². The normalized spacial score (nSPS) is 19.3. The van der Waals surface area contributed by atoms with Gasteiger partial charge in [-0.15, -0.1) is 0 Å². The van der Waals surface area contributed by atoms with Gasteiger partial charge in [0.25, 0.3) is 0 Å². The Hall–Kier alpha value is -1.64. The first-order valence-corrected chi connectivity index (χ1v) is 13.0. The molecular weight excluding hydrogens is 438 g/mol. The van der Waals surface area contributed by atoms with E-state index in [1.54, 1.807) is 4.90 Å². The minimum atomic E-state index is -3.82. The van der Waals surface area contributed by atoms with Gasteiger partial charge in [0.15, 0.2) is 0 Å². The van der Waals surface area contributed by atoms with Gasteiger partial charge in [0.05, 0.1) is 10.9 Å². The quantitative estimate of drug-likeness (QED) is 0.664. The fourth-order valence-electron chi connectivity index (χ4n) is 4.38. The molecule has 1 saturated heterocycles. The van der Waals surface area contributed by atoms with Crippen molar-refractivity contribution in [3.63, 3.8) is 0 Å². The maximum atomic E-state index is 12.7. The van der Waals surface area contributed by atoms with Crippen LogP contribution in [-0.2, 0) is 19.6 Å². The highest BCUT2D eigenvalue weighted by molar-refractivity contribution is 7.89. The number of carbonyl (C=O) groups is 2. The van der Waals surface area contributed by atoms with Gasteiger partial charge in [0, 0.05) is 37.6 Å². The zero-order valence-corrected chi connectivity index (χ0v) is 19.6. The third kappa shape index (κ3) is 6.67. The number of hydrogen-bond acceptors (Lipinski definition) is 4. The van der Waals surface area contributed by atoms with Gasteiger partial charge in [0.1, 0.15) is 0 Å². The van der Waals surface area contributed by atoms with Crippen LogP contribution in [0, 0.1) is 5.92 Å². The molecule has 2 fully saturated rings. The third-order valence-corrected chi connectivity index (χ3v) is 8.07. The molecule has 1 saturated carbocycles. The van der Waals surface area contributed by atoms with Crippen molar-refractivity contribution in [3.05, 3.63) is 29.3 Å². The maximum Gasteiger partial charge on any atom is 0.241 e. The number of carbonyl (C=O) groups excluding carboxylic acids is 2. The fraction of sp³-hybridized carbons (Fsp3) is 0.636. The van der Waals surface area contributed by atoms with Gasteiger partial charge >= 0.3 is 0 Å². The van der Waals surface area contributed by atoms with Crippen LogP contribution in [0.3, 0.4) is 0 Å². The van der Waals surface area contributed by atoms with Gasteiger partial charge in [-0.25, -0.2) is 8.42 Å². The third-order valence-electron chi connectivity index (χ3n) is 6.26. The Morgan fingerprint density at radius 3 is 2.23 bits per heavy atom. The Kier molecular flexibility index (Phi) is 8.36. The SMILES string of the molecule is C[C@H](NS(=O)(=O)c1ccc(Cl)cc1)C(=O)N1CCN(C(=O)CCC2CCCCC2)CC1. The number of piperazine rings is 1. The molecule has 9 heteroatoms. The van der Waals surface area contributed by atoms with Crippen LogP contribution < -0.4 is 4.72 Å². The minimum absolute atomic E-state index is 0.0601. The lowest BCUT2D eigenvalue weighted by Crippen LogP contribution is -2.55. The molecule has 1 aliphatic heterocycles. The predicted molar refractivity (Wildman–Crippen MR) is 120 cm³/mol. The number of nitrogens with zero attached hydrogens (tertiary/aromatic N) is 2. The van der Waals surface area contributed by atoms with Gasteiger partial charge in [-0.2, -0.15) is 4.72 Å². The summed E-state index contributed by atoms with van der Waals surface area (Å²) in [6.45, 7) is 3.36. The summed E-state index contributed by atoms with van der Waals surface area (Å²) in [7, 11) is -3.82. The maximum absolute atomic E-state index is 12.7. The molecule has 0 bridgehead atoms. The molecule has 0 spiro atoms. The van der Waals surface area contributed by atoms with Crippen LogP contribution in [0.15, 0.2) is 29.2 Å². The summed E-state index contributed by atoms with van der Waals surface area (Å²) in [4.78, 5) is 28.8. The lowest BCUT2D eigenvalue weighted by Gasteiger charge is -2.36. The molecule has 1 aromatic carbocycles. The second kappa shape index (κ2) is 10.8. The zero-order chi connectivity index (χ0) is 22.4. The molecule has 1 atom stereocenters. The van der Waals surface area contributed by atoms with E-state index in [1.807, 2.05) is 4.90 Å². The van der Waals surface area contributed by atoms with Crippen molar-refractivity contribution < 1.29 is 18.0 Å². The van der Waals surface area contributed by atoms with Gasteiger partial charge in [0.2, 0.25) is 21.8 Å². The first-order chi connectivity index (χ1) is 14.8. The topological polar surface area (TPSA) is 86.8 Å². The lowest BCUT2D eigenvalue weighted by molar-refractivity contribution is -0.140. The van der Waals surface area contributed by atoms with Crippen LogP contribution >= 0.6 is 11.6 Å². The Morgan fingerprint density at radius 2 is 1.61 bits per heavy atom. The fourth-order valence-corrected chi connectivity index (χ4v) is 5.70. The second-order valence-electron chi connectivity index (χ2n) is 8.55. The summed E-state index contributed by atoms with van der Waals surface area (Å²) < 4.78 is 27.5. The molecule has 2 amide bonds. The molecule has 1 aromatic rings. The number of amides is 2. The Bertz CT molecular complexity index is 861. The molecule has 31 heavy (non-hydrogen) atoms. The largest absolute Gasteiger partial charge is 0.339 e. The summed E-state index contributed by atoms with van der Waals surface area (Å²) in [5, 5.41) is 0.439. The zero-order valence-electron chi connectivity index (χ0n) is 18.1. The summed E-state index contributed by atoms with van der Waals surface area (Å²) in [5.41, 5.74) is 0. The van der Waals surface area contributed by atoms with Crippen LogP contribution in [0.2, 0.25) is 5.02 Å². The van der Waals surface area contributed by atoms with Crippen molar-refractivity contribution in [2.45, 2.75) is 62.8 Å². The molecule has 7 nitrogen and oxygen atoms in total. The minimum Gasteiger partial charge on any atom is -0.339 e. The van der Waals surface area contributed by atoms with E-state index in [1.165, 1.54) is 63.3 Å². The molecule has 3 rings (SSSR count). The van der Waals surface area contributed by atoms with Crippen molar-refractivity contribution in [2.75, 3.05) is 26.2 Å². The molecule has 0 radical (unpaired) electrons. The van der Waals surface area contributed by atoms with E-state index in [0.717, 1.165) is 6.42 Å². The van der Waals surface area contributed by atoms with Crippen molar-refractivity contribution >= 4 is 33.4 Å². The summed E-state index contributed by atoms with van der Waals surface area (Å²) >= 11 is 5.81. The molecule has 0 unspecified atom stereocenters. The molecule has 1 heterocycles. The number of rotatable bonds is 7. The number of nitrogens with one attached hydrogen (secondary N) is 1. The van der Waals surface area contributed by atoms with Gasteiger partial charge in [-0.3, -0.25) is 9.59 Å². The lowest BCUT2D eigenvalue weighted by atomic mass is 9.86. The summed E-state index contributed by atoms with van der Waals surface area (Å²) in [6, 6.07) is 4.90. The van der Waals surface area contributed by atoms with Crippen molar-refractivity contribution in [1.82, 2.24) is 14.5 Å². The summed E-state index contributed by atoms with van der Waals surface area (Å²) in [5.74, 6) is 0.552. The van der Waals surface area contributed by atoms with Crippen molar-refractivity contribution in [2.24, 2.45) is 5.92 Å². The van der Waals surface area contributed by atoms with Crippen LogP contribution in [0.1, 0.15) is 51.9 Å². The molecular formula is C22H32ClN3O4S. The number of hydrogen-bond donors (Lipinski definition) is 1. The number of halogens is 1. The van der Waals surface area contributed by atoms with E-state index in [2.05, 4.69) is 4.72 Å². The van der Waals surface area contributed by atoms with E-state index in [0.29, 0.717) is 43.5 Å². The Morgan fingerprint density at radius 1 is 1.03 bits per heavy atom. The first kappa shape index (κ1) is 24.0. The molecule has 1 N–H and O–H groups in total. The predicted octanol–water partition coefficient (Wildman–Crippen LogP) is 3.04. The first-order valence-electron chi connectivity index (χ1n) is 11.1. The van der Waals surface area contributed by atoms with Gasteiger partial charge < -0.3 is 9.80 Å². The summed E-state index contributed by atoms with van der Waals surface area (Å²) in [6.07, 6.45) is 7.88. The van der Waals surface area contributed by atoms with E-state index in [4.69, 9.17) is 11.6 Å². The Balaban J connectivity index is 1.45. The van der Waals surface area contributed by atoms with Crippen LogP contribution in [0.5, 0.6) is 0 Å². The molecule has 2 aliphatic rings. The van der Waals surface area contributed by atoms with Crippen LogP contribution in [-0.4, -0.2) is 62.3 Å². The highest BCUT2D eigenvalue weighted by Gasteiger charge is 2.29. The smallest absolute Gasteiger partial charge is 0.241 e. The Labute approximate surface area is 190 Å². The highest BCUT2D eigenvalue weighted by Crippen LogP contribution is 2.27. The van der Waals surface area contributed by atoms with E-state index >= 15 is 0 Å².